The SMILES string of the molecule is CCCc1cccc2c(N)c(CCCC(N)=O)cnc12. The number of carbonyl (C=O) groups excluding carboxylic acids is 1. The first-order valence-corrected chi connectivity index (χ1v) is 7.06. The molecule has 0 bridgehead atoms. The van der Waals surface area contributed by atoms with Crippen molar-refractivity contribution in [3.8, 4) is 0 Å². The van der Waals surface area contributed by atoms with Crippen molar-refractivity contribution < 1.29 is 4.79 Å². The van der Waals surface area contributed by atoms with Crippen molar-refractivity contribution in [2.45, 2.75) is 39.0 Å². The zero-order valence-electron chi connectivity index (χ0n) is 11.9. The third-order valence-electron chi connectivity index (χ3n) is 3.49. The first-order valence-electron chi connectivity index (χ1n) is 7.06. The van der Waals surface area contributed by atoms with Crippen LogP contribution in [0.3, 0.4) is 0 Å². The zero-order chi connectivity index (χ0) is 14.5. The number of aryl methyl sites for hydroxylation is 2. The highest BCUT2D eigenvalue weighted by Gasteiger charge is 2.09. The van der Waals surface area contributed by atoms with Gasteiger partial charge in [-0.1, -0.05) is 31.5 Å². The number of hydrogen-bond acceptors (Lipinski definition) is 3. The van der Waals surface area contributed by atoms with Crippen molar-refractivity contribution in [3.63, 3.8) is 0 Å². The van der Waals surface area contributed by atoms with Gasteiger partial charge in [-0.2, -0.15) is 0 Å². The molecule has 0 aliphatic rings. The number of aromatic nitrogens is 1. The van der Waals surface area contributed by atoms with Gasteiger partial charge in [-0.05, 0) is 30.4 Å². The van der Waals surface area contributed by atoms with Gasteiger partial charge in [0, 0.05) is 23.7 Å². The van der Waals surface area contributed by atoms with E-state index < -0.39 is 0 Å². The minimum Gasteiger partial charge on any atom is -0.398 e. The Morgan fingerprint density at radius 1 is 1.25 bits per heavy atom. The summed E-state index contributed by atoms with van der Waals surface area (Å²) in [4.78, 5) is 15.3. The zero-order valence-corrected chi connectivity index (χ0v) is 11.9. The average molecular weight is 271 g/mol. The fourth-order valence-corrected chi connectivity index (χ4v) is 2.47. The minimum absolute atomic E-state index is 0.275. The molecule has 0 saturated carbocycles. The third kappa shape index (κ3) is 3.07. The molecule has 0 atom stereocenters. The highest BCUT2D eigenvalue weighted by molar-refractivity contribution is 5.93. The average Bonchev–Trinajstić information content (AvgIpc) is 2.42. The summed E-state index contributed by atoms with van der Waals surface area (Å²) in [7, 11) is 0. The second kappa shape index (κ2) is 6.37. The van der Waals surface area contributed by atoms with Crippen molar-refractivity contribution in [2.75, 3.05) is 5.73 Å². The smallest absolute Gasteiger partial charge is 0.217 e. The van der Waals surface area contributed by atoms with Crippen molar-refractivity contribution >= 4 is 22.5 Å². The van der Waals surface area contributed by atoms with E-state index in [1.807, 2.05) is 18.3 Å². The van der Waals surface area contributed by atoms with E-state index in [0.29, 0.717) is 12.8 Å². The van der Waals surface area contributed by atoms with E-state index in [1.165, 1.54) is 5.56 Å². The number of para-hydroxylation sites is 1. The van der Waals surface area contributed by atoms with E-state index in [-0.39, 0.29) is 5.91 Å². The van der Waals surface area contributed by atoms with E-state index in [9.17, 15) is 4.79 Å². The molecule has 0 spiro atoms. The minimum atomic E-state index is -0.275. The summed E-state index contributed by atoms with van der Waals surface area (Å²) in [6.45, 7) is 2.15. The van der Waals surface area contributed by atoms with Crippen LogP contribution in [0.25, 0.3) is 10.9 Å². The quantitative estimate of drug-likeness (QED) is 0.847. The normalized spacial score (nSPS) is 10.8. The number of amides is 1. The van der Waals surface area contributed by atoms with Crippen molar-refractivity contribution in [1.29, 1.82) is 0 Å². The van der Waals surface area contributed by atoms with Crippen LogP contribution in [-0.4, -0.2) is 10.9 Å². The number of primary amides is 1. The van der Waals surface area contributed by atoms with Crippen LogP contribution in [0.4, 0.5) is 5.69 Å². The van der Waals surface area contributed by atoms with E-state index in [4.69, 9.17) is 11.5 Å². The number of carbonyl (C=O) groups is 1. The van der Waals surface area contributed by atoms with Crippen LogP contribution < -0.4 is 11.5 Å². The molecular formula is C16H21N3O. The van der Waals surface area contributed by atoms with Gasteiger partial charge in [0.2, 0.25) is 5.91 Å². The summed E-state index contributed by atoms with van der Waals surface area (Å²) in [6.07, 6.45) is 5.74. The van der Waals surface area contributed by atoms with Crippen molar-refractivity contribution in [2.24, 2.45) is 5.73 Å². The molecule has 0 unspecified atom stereocenters. The number of nitrogens with two attached hydrogens (primary N) is 2. The van der Waals surface area contributed by atoms with Crippen LogP contribution in [0.1, 0.15) is 37.3 Å². The molecule has 1 amide bonds. The van der Waals surface area contributed by atoms with E-state index in [2.05, 4.69) is 18.0 Å². The molecule has 4 heteroatoms. The largest absolute Gasteiger partial charge is 0.398 e. The predicted octanol–water partition coefficient (Wildman–Crippen LogP) is 2.58. The molecule has 1 heterocycles. The fraction of sp³-hybridized carbons (Fsp3) is 0.375. The second-order valence-corrected chi connectivity index (χ2v) is 5.08. The maximum Gasteiger partial charge on any atom is 0.217 e. The lowest BCUT2D eigenvalue weighted by Gasteiger charge is -2.11. The van der Waals surface area contributed by atoms with Gasteiger partial charge in [-0.3, -0.25) is 9.78 Å². The molecule has 2 rings (SSSR count). The number of rotatable bonds is 6. The van der Waals surface area contributed by atoms with Crippen LogP contribution in [-0.2, 0) is 17.6 Å². The molecule has 1 aromatic heterocycles. The van der Waals surface area contributed by atoms with Crippen LogP contribution in [0.15, 0.2) is 24.4 Å². The Hall–Kier alpha value is -2.10. The summed E-state index contributed by atoms with van der Waals surface area (Å²) in [5.41, 5.74) is 15.4. The number of hydrogen-bond donors (Lipinski definition) is 2. The van der Waals surface area contributed by atoms with Crippen LogP contribution >= 0.6 is 0 Å². The number of anilines is 1. The Morgan fingerprint density at radius 2 is 2.05 bits per heavy atom. The van der Waals surface area contributed by atoms with Gasteiger partial charge in [0.05, 0.1) is 5.52 Å². The number of pyridine rings is 1. The van der Waals surface area contributed by atoms with E-state index >= 15 is 0 Å². The molecule has 2 aromatic rings. The highest BCUT2D eigenvalue weighted by Crippen LogP contribution is 2.27. The van der Waals surface area contributed by atoms with Gasteiger partial charge >= 0.3 is 0 Å². The fourth-order valence-electron chi connectivity index (χ4n) is 2.47. The van der Waals surface area contributed by atoms with Gasteiger partial charge in [-0.15, -0.1) is 0 Å². The Kier molecular flexibility index (Phi) is 4.56. The molecule has 1 aromatic carbocycles. The second-order valence-electron chi connectivity index (χ2n) is 5.08. The van der Waals surface area contributed by atoms with Crippen molar-refractivity contribution in [1.82, 2.24) is 4.98 Å². The lowest BCUT2D eigenvalue weighted by atomic mass is 10.0. The molecule has 0 saturated heterocycles. The van der Waals surface area contributed by atoms with Gasteiger partial charge in [0.25, 0.3) is 0 Å². The molecule has 4 nitrogen and oxygen atoms in total. The number of fused-ring (bicyclic) bond motifs is 1. The highest BCUT2D eigenvalue weighted by atomic mass is 16.1. The maximum atomic E-state index is 10.8. The molecule has 106 valence electrons. The third-order valence-corrected chi connectivity index (χ3v) is 3.49. The first kappa shape index (κ1) is 14.3. The Bertz CT molecular complexity index is 622. The van der Waals surface area contributed by atoms with Gasteiger partial charge in [0.1, 0.15) is 0 Å². The summed E-state index contributed by atoms with van der Waals surface area (Å²) >= 11 is 0. The van der Waals surface area contributed by atoms with Crippen LogP contribution in [0.2, 0.25) is 0 Å². The monoisotopic (exact) mass is 271 g/mol. The first-order chi connectivity index (χ1) is 9.63. The molecule has 0 radical (unpaired) electrons. The molecule has 0 fully saturated rings. The van der Waals surface area contributed by atoms with Crippen LogP contribution in [0.5, 0.6) is 0 Å². The molecule has 20 heavy (non-hydrogen) atoms. The van der Waals surface area contributed by atoms with E-state index in [1.54, 1.807) is 0 Å². The lowest BCUT2D eigenvalue weighted by molar-refractivity contribution is -0.118. The van der Waals surface area contributed by atoms with Gasteiger partial charge in [-0.25, -0.2) is 0 Å². The Balaban J connectivity index is 2.31. The standard InChI is InChI=1S/C16H21N3O/c1-2-5-11-6-3-8-13-15(18)12(10-19-16(11)13)7-4-9-14(17)20/h3,6,8,10H,2,4-5,7,9H2,1H3,(H2,17,20)(H2,18,19). The number of nitrogens with zero attached hydrogens (tertiary/aromatic N) is 1. The summed E-state index contributed by atoms with van der Waals surface area (Å²) in [6, 6.07) is 6.14. The predicted molar refractivity (Wildman–Crippen MR) is 82.3 cm³/mol. The van der Waals surface area contributed by atoms with Crippen LogP contribution in [0, 0.1) is 0 Å². The molecule has 0 aliphatic heterocycles. The molecular weight excluding hydrogens is 250 g/mol. The maximum absolute atomic E-state index is 10.8. The molecule has 0 aliphatic carbocycles. The van der Waals surface area contributed by atoms with Gasteiger partial charge < -0.3 is 11.5 Å². The number of nitrogen functional groups attached to an aromatic ring is 1. The summed E-state index contributed by atoms with van der Waals surface area (Å²) in [5.74, 6) is -0.275. The Morgan fingerprint density at radius 3 is 2.75 bits per heavy atom. The van der Waals surface area contributed by atoms with E-state index in [0.717, 1.165) is 41.4 Å². The summed E-state index contributed by atoms with van der Waals surface area (Å²) in [5, 5.41) is 1.01. The molecule has 4 N–H and O–H groups in total. The lowest BCUT2D eigenvalue weighted by Crippen LogP contribution is -2.10. The van der Waals surface area contributed by atoms with Crippen molar-refractivity contribution in [3.05, 3.63) is 35.5 Å². The summed E-state index contributed by atoms with van der Waals surface area (Å²) < 4.78 is 0. The topological polar surface area (TPSA) is 82.0 Å². The van der Waals surface area contributed by atoms with Gasteiger partial charge in [0.15, 0.2) is 0 Å². The number of benzene rings is 1. The Labute approximate surface area is 119 Å².